The van der Waals surface area contributed by atoms with Gasteiger partial charge in [-0.3, -0.25) is 18.7 Å². The molecule has 1 heterocycles. The lowest BCUT2D eigenvalue weighted by molar-refractivity contribution is -0.143. The molecule has 1 aromatic heterocycles. The maximum Gasteiger partial charge on any atom is 0.416 e. The number of nitrogens with one attached hydrogen (secondary N) is 1. The second kappa shape index (κ2) is 20.5. The average molecular weight is 806 g/mol. The maximum atomic E-state index is 15.6. The van der Waals surface area contributed by atoms with E-state index < -0.39 is 82.5 Å². The third-order valence-electron chi connectivity index (χ3n) is 8.18. The molecular weight excluding hydrogens is 757 g/mol. The highest BCUT2D eigenvalue weighted by Crippen LogP contribution is 2.34. The van der Waals surface area contributed by atoms with Crippen LogP contribution in [0.1, 0.15) is 83.5 Å². The van der Waals surface area contributed by atoms with Gasteiger partial charge in [0.25, 0.3) is 5.56 Å². The van der Waals surface area contributed by atoms with Crippen LogP contribution in [-0.2, 0) is 33.5 Å². The number of halogens is 5. The highest BCUT2D eigenvalue weighted by molar-refractivity contribution is 5.69. The van der Waals surface area contributed by atoms with Crippen molar-refractivity contribution in [2.45, 2.75) is 91.7 Å². The summed E-state index contributed by atoms with van der Waals surface area (Å²) in [6.07, 6.45) is -4.78. The Labute approximate surface area is 327 Å². The largest absolute Gasteiger partial charge is 0.494 e. The molecule has 11 nitrogen and oxygen atoms in total. The van der Waals surface area contributed by atoms with Gasteiger partial charge in [-0.15, -0.1) is 0 Å². The summed E-state index contributed by atoms with van der Waals surface area (Å²) in [4.78, 5) is 53.0. The zero-order valence-electron chi connectivity index (χ0n) is 32.9. The van der Waals surface area contributed by atoms with E-state index >= 15 is 8.78 Å². The molecule has 310 valence electrons. The Balaban J connectivity index is 0.00000428. The van der Waals surface area contributed by atoms with Crippen molar-refractivity contribution in [1.29, 1.82) is 0 Å². The molecule has 57 heavy (non-hydrogen) atoms. The van der Waals surface area contributed by atoms with Gasteiger partial charge in [-0.25, -0.2) is 18.4 Å². The molecule has 0 saturated carbocycles. The van der Waals surface area contributed by atoms with Gasteiger partial charge in [-0.1, -0.05) is 50.2 Å². The number of para-hydroxylation sites is 1. The van der Waals surface area contributed by atoms with Crippen molar-refractivity contribution >= 4 is 12.1 Å². The first kappa shape index (κ1) is 45.7. The van der Waals surface area contributed by atoms with Crippen molar-refractivity contribution in [1.82, 2.24) is 14.5 Å². The minimum atomic E-state index is -4.99. The normalized spacial score (nSPS) is 11.9. The number of hydrogen-bond donors (Lipinski definition) is 1. The van der Waals surface area contributed by atoms with E-state index in [2.05, 4.69) is 5.32 Å². The van der Waals surface area contributed by atoms with E-state index in [4.69, 9.17) is 18.9 Å². The average Bonchev–Trinajstić information content (AvgIpc) is 3.15. The number of hydrogen-bond acceptors (Lipinski definition) is 8. The molecular formula is C41H48F5N3O8. The fraction of sp³-hybridized carbons (Fsp3) is 0.415. The Morgan fingerprint density at radius 1 is 0.895 bits per heavy atom. The van der Waals surface area contributed by atoms with Gasteiger partial charge in [0, 0.05) is 35.9 Å². The number of aromatic nitrogens is 2. The van der Waals surface area contributed by atoms with E-state index in [0.29, 0.717) is 32.9 Å². The van der Waals surface area contributed by atoms with Crippen LogP contribution in [0.2, 0.25) is 0 Å². The molecule has 4 rings (SSSR count). The summed E-state index contributed by atoms with van der Waals surface area (Å²) in [7, 11) is 1.19. The van der Waals surface area contributed by atoms with E-state index in [9.17, 15) is 32.3 Å². The Kier molecular flexibility index (Phi) is 16.4. The van der Waals surface area contributed by atoms with Gasteiger partial charge in [0.15, 0.2) is 11.6 Å². The zero-order valence-corrected chi connectivity index (χ0v) is 32.9. The lowest BCUT2D eigenvalue weighted by Crippen LogP contribution is -2.42. The second-order valence-corrected chi connectivity index (χ2v) is 13.3. The van der Waals surface area contributed by atoms with Gasteiger partial charge in [-0.05, 0) is 64.8 Å². The molecule has 0 bridgehead atoms. The smallest absolute Gasteiger partial charge is 0.416 e. The lowest BCUT2D eigenvalue weighted by Gasteiger charge is -2.25. The topological polar surface area (TPSA) is 127 Å². The first-order chi connectivity index (χ1) is 26.9. The standard InChI is InChI=1S/C39H42F5N3O8.C2H6/c1-6-53-33(48)18-11-21-54-31-16-8-7-12-25(31)30(45-36(50)55-38(2,3)4)19-20-47-35(49)26(24-13-9-17-32(52-5)34(24)41)22-46(37(47)51)23-27-28(39(42,43)44)14-10-15-29(27)40;1-2/h7-10,12-17,22,30H,6,11,18-21,23H2,1-5H3,(H,45,50);1-2H3. The summed E-state index contributed by atoms with van der Waals surface area (Å²) in [5.74, 6) is -2.60. The number of amides is 1. The summed E-state index contributed by atoms with van der Waals surface area (Å²) in [6, 6.07) is 11.8. The molecule has 1 unspecified atom stereocenters. The second-order valence-electron chi connectivity index (χ2n) is 13.3. The number of alkyl carbamates (subject to hydrolysis) is 1. The molecule has 0 aliphatic heterocycles. The van der Waals surface area contributed by atoms with E-state index in [-0.39, 0.29) is 37.4 Å². The van der Waals surface area contributed by atoms with Crippen molar-refractivity contribution in [3.8, 4) is 22.6 Å². The Bertz CT molecular complexity index is 2110. The van der Waals surface area contributed by atoms with Crippen LogP contribution in [0.3, 0.4) is 0 Å². The molecule has 1 N–H and O–H groups in total. The molecule has 3 aromatic carbocycles. The summed E-state index contributed by atoms with van der Waals surface area (Å²) in [5, 5.41) is 2.73. The van der Waals surface area contributed by atoms with E-state index in [0.717, 1.165) is 18.3 Å². The SMILES string of the molecule is CC.CCOC(=O)CCCOc1ccccc1C(CCn1c(=O)c(-c2cccc(OC)c2F)cn(Cc2c(F)cccc2C(F)(F)F)c1=O)NC(=O)OC(C)(C)C. The summed E-state index contributed by atoms with van der Waals surface area (Å²) >= 11 is 0. The highest BCUT2D eigenvalue weighted by atomic mass is 19.4. The fourth-order valence-corrected chi connectivity index (χ4v) is 5.73. The van der Waals surface area contributed by atoms with Gasteiger partial charge in [-0.2, -0.15) is 13.2 Å². The molecule has 4 aromatic rings. The minimum Gasteiger partial charge on any atom is -0.494 e. The lowest BCUT2D eigenvalue weighted by atomic mass is 10.0. The van der Waals surface area contributed by atoms with Crippen LogP contribution in [0.4, 0.5) is 26.7 Å². The van der Waals surface area contributed by atoms with Gasteiger partial charge >= 0.3 is 23.9 Å². The number of carbonyl (C=O) groups is 2. The Hall–Kier alpha value is -5.67. The third kappa shape index (κ3) is 12.4. The molecule has 0 radical (unpaired) electrons. The number of benzene rings is 3. The first-order valence-electron chi connectivity index (χ1n) is 18.3. The van der Waals surface area contributed by atoms with E-state index in [1.165, 1.54) is 25.3 Å². The minimum absolute atomic E-state index is 0.0866. The van der Waals surface area contributed by atoms with Crippen LogP contribution < -0.4 is 26.0 Å². The number of rotatable bonds is 15. The molecule has 1 atom stereocenters. The molecule has 1 amide bonds. The number of esters is 1. The maximum absolute atomic E-state index is 15.6. The van der Waals surface area contributed by atoms with Crippen LogP contribution in [0.5, 0.6) is 11.5 Å². The molecule has 0 fully saturated rings. The molecule has 16 heteroatoms. The van der Waals surface area contributed by atoms with E-state index in [1.54, 1.807) is 52.0 Å². The van der Waals surface area contributed by atoms with Gasteiger partial charge in [0.1, 0.15) is 17.2 Å². The van der Waals surface area contributed by atoms with Crippen molar-refractivity contribution < 1.29 is 50.5 Å². The predicted molar refractivity (Wildman–Crippen MR) is 203 cm³/mol. The van der Waals surface area contributed by atoms with Crippen LogP contribution in [0.25, 0.3) is 11.1 Å². The number of nitrogens with zero attached hydrogens (tertiary/aromatic N) is 2. The summed E-state index contributed by atoms with van der Waals surface area (Å²) in [5.41, 5.74) is -5.65. The molecule has 0 spiro atoms. The number of alkyl halides is 3. The Morgan fingerprint density at radius 2 is 1.56 bits per heavy atom. The molecule has 0 saturated heterocycles. The predicted octanol–water partition coefficient (Wildman–Crippen LogP) is 8.44. The van der Waals surface area contributed by atoms with Crippen molar-refractivity contribution in [3.05, 3.63) is 116 Å². The van der Waals surface area contributed by atoms with Crippen molar-refractivity contribution in [2.24, 2.45) is 0 Å². The number of ether oxygens (including phenoxy) is 4. The van der Waals surface area contributed by atoms with Gasteiger partial charge < -0.3 is 24.3 Å². The number of methoxy groups -OCH3 is 1. The quantitative estimate of drug-likeness (QED) is 0.0721. The van der Waals surface area contributed by atoms with Gasteiger partial charge in [0.2, 0.25) is 0 Å². The summed E-state index contributed by atoms with van der Waals surface area (Å²) < 4.78 is 95.4. The monoisotopic (exact) mass is 805 g/mol. The molecule has 0 aliphatic carbocycles. The van der Waals surface area contributed by atoms with Crippen LogP contribution in [-0.4, -0.2) is 47.1 Å². The van der Waals surface area contributed by atoms with Crippen LogP contribution in [0, 0.1) is 11.6 Å². The van der Waals surface area contributed by atoms with E-state index in [1.807, 2.05) is 13.8 Å². The molecule has 0 aliphatic rings. The Morgan fingerprint density at radius 3 is 2.21 bits per heavy atom. The first-order valence-corrected chi connectivity index (χ1v) is 18.3. The van der Waals surface area contributed by atoms with Crippen LogP contribution >= 0.6 is 0 Å². The fourth-order valence-electron chi connectivity index (χ4n) is 5.73. The third-order valence-corrected chi connectivity index (χ3v) is 8.18. The van der Waals surface area contributed by atoms with Gasteiger partial charge in [0.05, 0.1) is 44.0 Å². The number of carbonyl (C=O) groups excluding carboxylic acids is 2. The van der Waals surface area contributed by atoms with Crippen molar-refractivity contribution in [3.63, 3.8) is 0 Å². The highest BCUT2D eigenvalue weighted by Gasteiger charge is 2.35. The van der Waals surface area contributed by atoms with Crippen LogP contribution in [0.15, 0.2) is 76.4 Å². The summed E-state index contributed by atoms with van der Waals surface area (Å²) in [6.45, 7) is 9.49. The zero-order chi connectivity index (χ0) is 42.5. The van der Waals surface area contributed by atoms with Crippen molar-refractivity contribution in [2.75, 3.05) is 20.3 Å².